The molecule has 0 heterocycles. The van der Waals surface area contributed by atoms with Crippen molar-refractivity contribution in [1.82, 2.24) is 10.2 Å². The predicted octanol–water partition coefficient (Wildman–Crippen LogP) is 7.19. The van der Waals surface area contributed by atoms with E-state index in [-0.39, 0.29) is 11.5 Å². The summed E-state index contributed by atoms with van der Waals surface area (Å²) in [5.74, 6) is 4.91. The van der Waals surface area contributed by atoms with Crippen LogP contribution < -0.4 is 26.8 Å². The van der Waals surface area contributed by atoms with Crippen molar-refractivity contribution in [2.45, 2.75) is 118 Å². The molecule has 47 heavy (non-hydrogen) atoms. The van der Waals surface area contributed by atoms with Gasteiger partial charge in [-0.3, -0.25) is 9.59 Å². The Morgan fingerprint density at radius 1 is 0.915 bits per heavy atom. The van der Waals surface area contributed by atoms with E-state index < -0.39 is 17.0 Å². The van der Waals surface area contributed by atoms with Gasteiger partial charge in [0.05, 0.1) is 0 Å². The van der Waals surface area contributed by atoms with Crippen LogP contribution in [0, 0.1) is 46.3 Å². The van der Waals surface area contributed by atoms with Gasteiger partial charge in [-0.25, -0.2) is 4.79 Å². The zero-order valence-electron chi connectivity index (χ0n) is 30.5. The topological polar surface area (TPSA) is 99.8 Å². The van der Waals surface area contributed by atoms with Gasteiger partial charge in [-0.1, -0.05) is 65.5 Å². The van der Waals surface area contributed by atoms with Crippen LogP contribution in [-0.4, -0.2) is 57.4 Å². The second-order valence-electron chi connectivity index (χ2n) is 16.9. The number of amides is 1. The lowest BCUT2D eigenvalue weighted by Crippen LogP contribution is -2.51. The predicted molar refractivity (Wildman–Crippen MR) is 193 cm³/mol. The summed E-state index contributed by atoms with van der Waals surface area (Å²) in [7, 11) is 4.00. The summed E-state index contributed by atoms with van der Waals surface area (Å²) in [4.78, 5) is 38.9. The Morgan fingerprint density at radius 2 is 1.64 bits per heavy atom. The van der Waals surface area contributed by atoms with Crippen molar-refractivity contribution in [2.75, 3.05) is 50.9 Å². The molecule has 2 unspecified atom stereocenters. The molecule has 4 aliphatic carbocycles. The molecule has 0 aliphatic heterocycles. The minimum Gasteiger partial charge on any atom is -0.446 e. The largest absolute Gasteiger partial charge is 0.446 e. The molecule has 0 saturated heterocycles. The van der Waals surface area contributed by atoms with Gasteiger partial charge in [0.2, 0.25) is 0 Å². The van der Waals surface area contributed by atoms with Crippen molar-refractivity contribution < 1.29 is 9.53 Å². The van der Waals surface area contributed by atoms with Gasteiger partial charge in [-0.2, -0.15) is 0 Å². The number of hydrogen-bond acceptors (Lipinski definition) is 7. The van der Waals surface area contributed by atoms with Crippen molar-refractivity contribution in [3.63, 3.8) is 0 Å². The maximum absolute atomic E-state index is 12.7. The molecule has 8 heteroatoms. The van der Waals surface area contributed by atoms with Crippen molar-refractivity contribution in [2.24, 2.45) is 46.3 Å². The highest BCUT2D eigenvalue weighted by molar-refractivity contribution is 5.74. The van der Waals surface area contributed by atoms with Crippen LogP contribution in [0.1, 0.15) is 112 Å². The lowest BCUT2D eigenvalue weighted by Gasteiger charge is -2.58. The highest BCUT2D eigenvalue weighted by Gasteiger charge is 2.59. The van der Waals surface area contributed by atoms with E-state index in [4.69, 9.17) is 4.74 Å². The quantitative estimate of drug-likeness (QED) is 0.105. The zero-order valence-corrected chi connectivity index (χ0v) is 30.5. The highest BCUT2D eigenvalue weighted by Crippen LogP contribution is 2.67. The first-order valence-corrected chi connectivity index (χ1v) is 18.9. The van der Waals surface area contributed by atoms with Crippen LogP contribution in [0.25, 0.3) is 0 Å². The van der Waals surface area contributed by atoms with E-state index in [1.807, 2.05) is 14.1 Å². The van der Waals surface area contributed by atoms with Gasteiger partial charge in [0, 0.05) is 26.1 Å². The van der Waals surface area contributed by atoms with Crippen LogP contribution in [0.2, 0.25) is 0 Å². The van der Waals surface area contributed by atoms with Gasteiger partial charge in [0.1, 0.15) is 17.5 Å². The van der Waals surface area contributed by atoms with Gasteiger partial charge < -0.3 is 25.6 Å². The summed E-state index contributed by atoms with van der Waals surface area (Å²) in [6, 6.07) is 0. The third kappa shape index (κ3) is 7.63. The van der Waals surface area contributed by atoms with E-state index >= 15 is 0 Å². The number of carbonyl (C=O) groups excluding carboxylic acids is 1. The second kappa shape index (κ2) is 15.0. The fourth-order valence-electron chi connectivity index (χ4n) is 10.6. The molecule has 8 nitrogen and oxygen atoms in total. The van der Waals surface area contributed by atoms with Crippen molar-refractivity contribution in [3.05, 3.63) is 32.1 Å². The van der Waals surface area contributed by atoms with E-state index in [0.717, 1.165) is 67.7 Å². The minimum absolute atomic E-state index is 0.0956. The van der Waals surface area contributed by atoms with Crippen LogP contribution in [-0.2, 0) is 4.74 Å². The Bertz CT molecular complexity index is 1330. The average Bonchev–Trinajstić information content (AvgIpc) is 3.38. The number of alkyl carbamates (subject to hydrolysis) is 1. The molecule has 264 valence electrons. The smallest absolute Gasteiger partial charge is 0.407 e. The first-order valence-electron chi connectivity index (χ1n) is 18.9. The van der Waals surface area contributed by atoms with Gasteiger partial charge in [-0.05, 0) is 118 Å². The summed E-state index contributed by atoms with van der Waals surface area (Å²) < 4.78 is 5.92. The lowest BCUT2D eigenvalue weighted by molar-refractivity contribution is -0.0581. The molecule has 4 aliphatic rings. The number of nitrogens with zero attached hydrogens (tertiary/aromatic N) is 1. The number of carbonyl (C=O) groups is 1. The maximum atomic E-state index is 12.7. The number of anilines is 2. The number of allylic oxidation sites excluding steroid dienone is 1. The molecule has 1 aromatic carbocycles. The van der Waals surface area contributed by atoms with Crippen LogP contribution in [0.4, 0.5) is 16.2 Å². The molecular formula is C39H64N4O4. The van der Waals surface area contributed by atoms with Crippen LogP contribution >= 0.6 is 0 Å². The molecule has 0 spiro atoms. The highest BCUT2D eigenvalue weighted by atomic mass is 16.6. The van der Waals surface area contributed by atoms with E-state index in [9.17, 15) is 14.4 Å². The van der Waals surface area contributed by atoms with Crippen molar-refractivity contribution in [3.8, 4) is 0 Å². The summed E-state index contributed by atoms with van der Waals surface area (Å²) in [6.45, 7) is 14.6. The first-order chi connectivity index (χ1) is 22.3. The Hall–Kier alpha value is -2.35. The zero-order chi connectivity index (χ0) is 33.9. The number of rotatable bonds is 15. The van der Waals surface area contributed by atoms with E-state index in [0.29, 0.717) is 36.4 Å². The summed E-state index contributed by atoms with van der Waals surface area (Å²) >= 11 is 0. The van der Waals surface area contributed by atoms with Crippen molar-refractivity contribution in [1.29, 1.82) is 0 Å². The lowest BCUT2D eigenvalue weighted by atomic mass is 9.47. The summed E-state index contributed by atoms with van der Waals surface area (Å²) in [5, 5.41) is 8.95. The monoisotopic (exact) mass is 652 g/mol. The van der Waals surface area contributed by atoms with Crippen molar-refractivity contribution >= 4 is 17.5 Å². The van der Waals surface area contributed by atoms with Crippen LogP contribution in [0.15, 0.2) is 21.2 Å². The Labute approximate surface area is 283 Å². The second-order valence-corrected chi connectivity index (χ2v) is 16.9. The Morgan fingerprint density at radius 3 is 2.34 bits per heavy atom. The van der Waals surface area contributed by atoms with Gasteiger partial charge >= 0.3 is 6.09 Å². The molecule has 5 rings (SSSR count). The van der Waals surface area contributed by atoms with E-state index in [2.05, 4.69) is 61.5 Å². The molecule has 0 radical (unpaired) electrons. The Kier molecular flexibility index (Phi) is 11.5. The molecule has 3 fully saturated rings. The third-order valence-corrected chi connectivity index (χ3v) is 13.2. The minimum atomic E-state index is -0.502. The molecule has 3 saturated carbocycles. The third-order valence-electron chi connectivity index (χ3n) is 13.2. The van der Waals surface area contributed by atoms with Gasteiger partial charge in [0.15, 0.2) is 0 Å². The summed E-state index contributed by atoms with van der Waals surface area (Å²) in [6.07, 6.45) is 16.6. The van der Waals surface area contributed by atoms with Crippen LogP contribution in [0.3, 0.4) is 0 Å². The number of fused-ring (bicyclic) bond motifs is 5. The number of ether oxygens (including phenoxy) is 1. The standard InChI is InChI=1S/C39H64N4O4/c1-25(2)10-8-11-26(3)30-14-15-31-29-13-12-27-24-28(16-18-38(27,4)32(29)17-19-39(30,31)5)47-37(46)42-22-21-41-34-33(35(44)36(34)45)40-20-9-23-43(6)7/h12,25-26,28-32,40-41H,8-11,13-24H2,1-7H3,(H,42,46)/t26-,28+,29?,30-,31+,32?,38+,39-/m1/s1. The Balaban J connectivity index is 1.08. The fraction of sp³-hybridized carbons (Fsp3) is 0.821. The molecule has 0 bridgehead atoms. The van der Waals surface area contributed by atoms with Gasteiger partial charge in [-0.15, -0.1) is 0 Å². The fourth-order valence-corrected chi connectivity index (χ4v) is 10.6. The maximum Gasteiger partial charge on any atom is 0.407 e. The van der Waals surface area contributed by atoms with Gasteiger partial charge in [0.25, 0.3) is 10.9 Å². The van der Waals surface area contributed by atoms with Crippen LogP contribution in [0.5, 0.6) is 0 Å². The number of hydrogen-bond donors (Lipinski definition) is 3. The molecule has 0 aromatic heterocycles. The molecule has 8 atom stereocenters. The normalized spacial score (nSPS) is 32.4. The van der Waals surface area contributed by atoms with E-state index in [1.54, 1.807) is 0 Å². The molecule has 1 aromatic rings. The average molecular weight is 653 g/mol. The molecule has 1 amide bonds. The SMILES string of the molecule is CC(C)CCC[C@@H](C)[C@H]1CC[C@H]2C3CC=C4C[C@@H](OC(=O)NCCNc5c(NCCCN(C)C)c(=O)c5=O)CC[C@]4(C)C3CC[C@]12C. The van der Waals surface area contributed by atoms with E-state index in [1.165, 1.54) is 56.9 Å². The molecule has 3 N–H and O–H groups in total. The summed E-state index contributed by atoms with van der Waals surface area (Å²) in [5.41, 5.74) is 1.94. The molecular weight excluding hydrogens is 588 g/mol. The number of nitrogens with one attached hydrogen (secondary N) is 3. The first kappa shape index (κ1) is 35.9.